The van der Waals surface area contributed by atoms with Crippen LogP contribution in [0.3, 0.4) is 0 Å². The first kappa shape index (κ1) is 21.4. The molecule has 0 unspecified atom stereocenters. The number of halogens is 1. The predicted octanol–water partition coefficient (Wildman–Crippen LogP) is 3.89. The van der Waals surface area contributed by atoms with E-state index in [4.69, 9.17) is 0 Å². The molecular weight excluding hydrogens is 469 g/mol. The summed E-state index contributed by atoms with van der Waals surface area (Å²) in [6, 6.07) is 14.4. The summed E-state index contributed by atoms with van der Waals surface area (Å²) in [5, 5.41) is 13.3. The molecule has 0 atom stereocenters. The molecule has 0 saturated heterocycles. The van der Waals surface area contributed by atoms with Crippen molar-refractivity contribution in [2.24, 2.45) is 4.99 Å². The number of rotatable bonds is 8. The Morgan fingerprint density at radius 2 is 1.96 bits per heavy atom. The third-order valence-corrected chi connectivity index (χ3v) is 4.85. The van der Waals surface area contributed by atoms with Gasteiger partial charge in [0.2, 0.25) is 0 Å². The van der Waals surface area contributed by atoms with Gasteiger partial charge in [0.15, 0.2) is 5.96 Å². The van der Waals surface area contributed by atoms with Crippen molar-refractivity contribution in [3.8, 4) is 5.69 Å². The number of nitrogens with zero attached hydrogens (tertiary/aromatic N) is 3. The van der Waals surface area contributed by atoms with Crippen molar-refractivity contribution in [3.05, 3.63) is 70.7 Å². The largest absolute Gasteiger partial charge is 0.357 e. The molecule has 3 aromatic rings. The third-order valence-electron chi connectivity index (χ3n) is 3.92. The van der Waals surface area contributed by atoms with E-state index >= 15 is 0 Å². The van der Waals surface area contributed by atoms with Gasteiger partial charge in [0.05, 0.1) is 11.9 Å². The monoisotopic (exact) mass is 495 g/mol. The summed E-state index contributed by atoms with van der Waals surface area (Å²) in [6.45, 7) is 4.56. The summed E-state index contributed by atoms with van der Waals surface area (Å²) in [5.74, 6) is 0.875. The molecule has 5 nitrogen and oxygen atoms in total. The van der Waals surface area contributed by atoms with Gasteiger partial charge < -0.3 is 10.6 Å². The maximum Gasteiger partial charge on any atom is 0.191 e. The van der Waals surface area contributed by atoms with Crippen molar-refractivity contribution in [2.75, 3.05) is 19.6 Å². The molecule has 0 aliphatic heterocycles. The van der Waals surface area contributed by atoms with Crippen molar-refractivity contribution in [1.82, 2.24) is 20.4 Å². The maximum absolute atomic E-state index is 4.65. The van der Waals surface area contributed by atoms with E-state index in [2.05, 4.69) is 63.5 Å². The molecule has 0 saturated carbocycles. The average molecular weight is 495 g/mol. The SMILES string of the molecule is CCNC(=NCCc1cccs1)NCCc1cnn(-c2ccccc2)c1.I. The van der Waals surface area contributed by atoms with E-state index in [1.807, 2.05) is 29.1 Å². The zero-order valence-electron chi connectivity index (χ0n) is 15.5. The lowest BCUT2D eigenvalue weighted by molar-refractivity contribution is 0.797. The summed E-state index contributed by atoms with van der Waals surface area (Å²) in [7, 11) is 0. The molecule has 0 aliphatic carbocycles. The second-order valence-corrected chi connectivity index (χ2v) is 6.93. The highest BCUT2D eigenvalue weighted by Crippen LogP contribution is 2.09. The zero-order chi connectivity index (χ0) is 18.0. The Hall–Kier alpha value is -1.87. The lowest BCUT2D eigenvalue weighted by atomic mass is 10.2. The van der Waals surface area contributed by atoms with Crippen LogP contribution in [-0.4, -0.2) is 35.4 Å². The van der Waals surface area contributed by atoms with Crippen LogP contribution < -0.4 is 10.6 Å². The number of nitrogens with one attached hydrogen (secondary N) is 2. The van der Waals surface area contributed by atoms with Gasteiger partial charge in [-0.1, -0.05) is 24.3 Å². The van der Waals surface area contributed by atoms with Crippen molar-refractivity contribution in [3.63, 3.8) is 0 Å². The molecule has 144 valence electrons. The molecule has 1 aromatic carbocycles. The number of guanidine groups is 1. The number of hydrogen-bond acceptors (Lipinski definition) is 3. The standard InChI is InChI=1S/C20H25N5S.HI/c1-2-21-20(23-13-11-19-9-6-14-26-19)22-12-10-17-15-24-25(16-17)18-7-4-3-5-8-18;/h3-9,14-16H,2,10-13H2,1H3,(H2,21,22,23);1H. The van der Waals surface area contributed by atoms with Gasteiger partial charge in [-0.25, -0.2) is 4.68 Å². The fourth-order valence-corrected chi connectivity index (χ4v) is 3.31. The lowest BCUT2D eigenvalue weighted by Gasteiger charge is -2.10. The molecule has 2 aromatic heterocycles. The molecule has 0 spiro atoms. The summed E-state index contributed by atoms with van der Waals surface area (Å²) < 4.78 is 1.91. The first-order valence-electron chi connectivity index (χ1n) is 8.98. The fourth-order valence-electron chi connectivity index (χ4n) is 2.61. The molecule has 0 aliphatic rings. The van der Waals surface area contributed by atoms with Crippen molar-refractivity contribution >= 4 is 41.3 Å². The van der Waals surface area contributed by atoms with Crippen LogP contribution in [0.1, 0.15) is 17.4 Å². The average Bonchev–Trinajstić information content (AvgIpc) is 3.34. The van der Waals surface area contributed by atoms with Gasteiger partial charge in [-0.05, 0) is 42.5 Å². The molecular formula is C20H26IN5S. The topological polar surface area (TPSA) is 54.2 Å². The lowest BCUT2D eigenvalue weighted by Crippen LogP contribution is -2.38. The molecule has 2 heterocycles. The second kappa shape index (κ2) is 11.8. The van der Waals surface area contributed by atoms with Crippen LogP contribution in [0.25, 0.3) is 5.69 Å². The van der Waals surface area contributed by atoms with E-state index in [1.54, 1.807) is 11.3 Å². The quantitative estimate of drug-likeness (QED) is 0.283. The van der Waals surface area contributed by atoms with Crippen molar-refractivity contribution < 1.29 is 0 Å². The Kier molecular flexibility index (Phi) is 9.34. The van der Waals surface area contributed by atoms with Crippen LogP contribution in [0.15, 0.2) is 65.2 Å². The Bertz CT molecular complexity index is 799. The van der Waals surface area contributed by atoms with Crippen LogP contribution in [-0.2, 0) is 12.8 Å². The van der Waals surface area contributed by atoms with Crippen LogP contribution in [0.2, 0.25) is 0 Å². The van der Waals surface area contributed by atoms with Gasteiger partial charge in [0, 0.05) is 37.1 Å². The van der Waals surface area contributed by atoms with E-state index in [1.165, 1.54) is 10.4 Å². The van der Waals surface area contributed by atoms with E-state index in [0.717, 1.165) is 44.1 Å². The highest BCUT2D eigenvalue weighted by Gasteiger charge is 2.02. The Morgan fingerprint density at radius 3 is 2.70 bits per heavy atom. The Labute approximate surface area is 181 Å². The molecule has 2 N–H and O–H groups in total. The molecule has 0 amide bonds. The third kappa shape index (κ3) is 6.99. The van der Waals surface area contributed by atoms with Gasteiger partial charge in [-0.2, -0.15) is 5.10 Å². The van der Waals surface area contributed by atoms with Crippen LogP contribution in [0, 0.1) is 0 Å². The van der Waals surface area contributed by atoms with Crippen LogP contribution >= 0.6 is 35.3 Å². The maximum atomic E-state index is 4.65. The summed E-state index contributed by atoms with van der Waals surface area (Å²) in [4.78, 5) is 6.03. The molecule has 7 heteroatoms. The highest BCUT2D eigenvalue weighted by molar-refractivity contribution is 14.0. The fraction of sp³-hybridized carbons (Fsp3) is 0.300. The highest BCUT2D eigenvalue weighted by atomic mass is 127. The van der Waals surface area contributed by atoms with Gasteiger partial charge in [-0.15, -0.1) is 35.3 Å². The second-order valence-electron chi connectivity index (χ2n) is 5.90. The van der Waals surface area contributed by atoms with E-state index in [9.17, 15) is 0 Å². The van der Waals surface area contributed by atoms with Gasteiger partial charge >= 0.3 is 0 Å². The summed E-state index contributed by atoms with van der Waals surface area (Å²) in [6.07, 6.45) is 5.90. The van der Waals surface area contributed by atoms with E-state index in [0.29, 0.717) is 0 Å². The van der Waals surface area contributed by atoms with Gasteiger partial charge in [0.1, 0.15) is 0 Å². The number of aromatic nitrogens is 2. The van der Waals surface area contributed by atoms with E-state index in [-0.39, 0.29) is 24.0 Å². The molecule has 0 bridgehead atoms. The number of benzene rings is 1. The summed E-state index contributed by atoms with van der Waals surface area (Å²) in [5.41, 5.74) is 2.28. The van der Waals surface area contributed by atoms with Crippen LogP contribution in [0.5, 0.6) is 0 Å². The Morgan fingerprint density at radius 1 is 1.11 bits per heavy atom. The predicted molar refractivity (Wildman–Crippen MR) is 125 cm³/mol. The molecule has 0 fully saturated rings. The minimum Gasteiger partial charge on any atom is -0.357 e. The summed E-state index contributed by atoms with van der Waals surface area (Å²) >= 11 is 1.78. The molecule has 27 heavy (non-hydrogen) atoms. The Balaban J connectivity index is 0.00000261. The first-order chi connectivity index (χ1) is 12.8. The van der Waals surface area contributed by atoms with Gasteiger partial charge in [-0.3, -0.25) is 4.99 Å². The normalized spacial score (nSPS) is 11.1. The number of hydrogen-bond donors (Lipinski definition) is 2. The van der Waals surface area contributed by atoms with Crippen molar-refractivity contribution in [1.29, 1.82) is 0 Å². The van der Waals surface area contributed by atoms with Gasteiger partial charge in [0.25, 0.3) is 0 Å². The first-order valence-corrected chi connectivity index (χ1v) is 9.86. The molecule has 3 rings (SSSR count). The number of para-hydroxylation sites is 1. The number of aliphatic imine (C=N–C) groups is 1. The zero-order valence-corrected chi connectivity index (χ0v) is 18.6. The van der Waals surface area contributed by atoms with E-state index < -0.39 is 0 Å². The van der Waals surface area contributed by atoms with Crippen molar-refractivity contribution in [2.45, 2.75) is 19.8 Å². The minimum atomic E-state index is 0. The number of thiophene rings is 1. The minimum absolute atomic E-state index is 0. The van der Waals surface area contributed by atoms with Crippen LogP contribution in [0.4, 0.5) is 0 Å². The molecule has 0 radical (unpaired) electrons. The smallest absolute Gasteiger partial charge is 0.191 e.